The van der Waals surface area contributed by atoms with Crippen LogP contribution in [0.15, 0.2) is 49.2 Å². The summed E-state index contributed by atoms with van der Waals surface area (Å²) in [5, 5.41) is 5.87. The van der Waals surface area contributed by atoms with Gasteiger partial charge in [-0.05, 0) is 18.2 Å². The lowest BCUT2D eigenvalue weighted by molar-refractivity contribution is 0.0802. The fraction of sp³-hybridized carbons (Fsp3) is 0.400. The highest BCUT2D eigenvalue weighted by Gasteiger charge is 2.20. The van der Waals surface area contributed by atoms with E-state index in [0.717, 1.165) is 65.1 Å². The third-order valence-electron chi connectivity index (χ3n) is 6.04. The highest BCUT2D eigenvalue weighted by atomic mass is 28.3. The van der Waals surface area contributed by atoms with Gasteiger partial charge in [0.15, 0.2) is 0 Å². The topological polar surface area (TPSA) is 91.1 Å². The number of fused-ring (bicyclic) bond motifs is 1. The number of nitrogens with zero attached hydrogens (tertiary/aromatic N) is 7. The average Bonchev–Trinajstić information content (AvgIpc) is 3.25. The molecular formula is C25H31N7O2Si. The zero-order valence-electron chi connectivity index (χ0n) is 20.5. The van der Waals surface area contributed by atoms with Crippen LogP contribution >= 0.6 is 0 Å². The van der Waals surface area contributed by atoms with Crippen LogP contribution in [-0.4, -0.2) is 70.7 Å². The summed E-state index contributed by atoms with van der Waals surface area (Å²) in [5.41, 5.74) is 4.40. The molecule has 0 atom stereocenters. The molecule has 1 fully saturated rings. The van der Waals surface area contributed by atoms with Crippen LogP contribution < -0.4 is 4.90 Å². The van der Waals surface area contributed by atoms with Gasteiger partial charge in [0.2, 0.25) is 0 Å². The van der Waals surface area contributed by atoms with E-state index in [1.54, 1.807) is 24.9 Å². The molecule has 0 saturated carbocycles. The number of benzene rings is 1. The van der Waals surface area contributed by atoms with Crippen molar-refractivity contribution in [3.05, 3.63) is 49.2 Å². The Labute approximate surface area is 206 Å². The predicted octanol–water partition coefficient (Wildman–Crippen LogP) is 4.10. The van der Waals surface area contributed by atoms with E-state index in [1.165, 1.54) is 0 Å². The summed E-state index contributed by atoms with van der Waals surface area (Å²) >= 11 is 0. The number of rotatable bonds is 8. The first-order chi connectivity index (χ1) is 17.0. The second-order valence-electron chi connectivity index (χ2n) is 9.88. The quantitative estimate of drug-likeness (QED) is 0.270. The minimum absolute atomic E-state index is 0.367. The first-order valence-corrected chi connectivity index (χ1v) is 15.7. The Hall–Kier alpha value is -3.21. The monoisotopic (exact) mass is 489 g/mol. The lowest BCUT2D eigenvalue weighted by atomic mass is 10.1. The maximum atomic E-state index is 6.09. The zero-order chi connectivity index (χ0) is 24.3. The van der Waals surface area contributed by atoms with E-state index in [9.17, 15) is 0 Å². The van der Waals surface area contributed by atoms with Crippen molar-refractivity contribution in [1.82, 2.24) is 29.7 Å². The molecular weight excluding hydrogens is 458 g/mol. The Morgan fingerprint density at radius 1 is 1.00 bits per heavy atom. The summed E-state index contributed by atoms with van der Waals surface area (Å²) in [5.74, 6) is 0.893. The van der Waals surface area contributed by atoms with Crippen molar-refractivity contribution in [2.75, 3.05) is 37.8 Å². The Balaban J connectivity index is 1.54. The minimum Gasteiger partial charge on any atom is -0.378 e. The largest absolute Gasteiger partial charge is 0.378 e. The average molecular weight is 490 g/mol. The number of aromatic nitrogens is 6. The van der Waals surface area contributed by atoms with E-state index in [0.29, 0.717) is 19.9 Å². The minimum atomic E-state index is -1.18. The van der Waals surface area contributed by atoms with Gasteiger partial charge in [-0.3, -0.25) is 9.97 Å². The van der Waals surface area contributed by atoms with Crippen LogP contribution in [0, 0.1) is 0 Å². The Kier molecular flexibility index (Phi) is 6.85. The van der Waals surface area contributed by atoms with Crippen LogP contribution in [0.4, 0.5) is 5.82 Å². The van der Waals surface area contributed by atoms with E-state index in [1.807, 2.05) is 22.9 Å². The highest BCUT2D eigenvalue weighted by molar-refractivity contribution is 6.76. The van der Waals surface area contributed by atoms with Gasteiger partial charge < -0.3 is 14.4 Å². The van der Waals surface area contributed by atoms with Crippen molar-refractivity contribution in [3.63, 3.8) is 0 Å². The molecule has 182 valence electrons. The Morgan fingerprint density at radius 2 is 1.86 bits per heavy atom. The van der Waals surface area contributed by atoms with Gasteiger partial charge in [-0.1, -0.05) is 25.7 Å². The van der Waals surface area contributed by atoms with Gasteiger partial charge in [0.1, 0.15) is 18.9 Å². The molecule has 0 amide bonds. The molecule has 0 N–H and O–H groups in total. The summed E-state index contributed by atoms with van der Waals surface area (Å²) in [4.78, 5) is 20.1. The van der Waals surface area contributed by atoms with Gasteiger partial charge in [0, 0.05) is 57.2 Å². The molecule has 5 rings (SSSR count). The van der Waals surface area contributed by atoms with E-state index >= 15 is 0 Å². The standard InChI is InChI=1S/C25H31N7O2Si/c1-35(2,3)13-12-34-18-32-25(22-15-24(29-17-28-22)31-8-10-33-11-9-31)20-14-19(4-5-21(20)30-32)23-16-26-6-7-27-23/h4-7,14-17H,8-13,18H2,1-3H3. The summed E-state index contributed by atoms with van der Waals surface area (Å²) in [6.45, 7) is 11.2. The molecule has 35 heavy (non-hydrogen) atoms. The van der Waals surface area contributed by atoms with Crippen molar-refractivity contribution >= 4 is 24.8 Å². The maximum Gasteiger partial charge on any atom is 0.140 e. The van der Waals surface area contributed by atoms with Crippen LogP contribution in [0.5, 0.6) is 0 Å². The second-order valence-corrected chi connectivity index (χ2v) is 15.5. The first kappa shape index (κ1) is 23.5. The van der Waals surface area contributed by atoms with Crippen LogP contribution in [0.2, 0.25) is 25.7 Å². The number of ether oxygens (including phenoxy) is 2. The van der Waals surface area contributed by atoms with Gasteiger partial charge in [-0.2, -0.15) is 5.10 Å². The van der Waals surface area contributed by atoms with Gasteiger partial charge >= 0.3 is 0 Å². The predicted molar refractivity (Wildman–Crippen MR) is 139 cm³/mol. The van der Waals surface area contributed by atoms with Crippen LogP contribution in [-0.2, 0) is 16.2 Å². The van der Waals surface area contributed by atoms with Gasteiger partial charge in [-0.15, -0.1) is 0 Å². The van der Waals surface area contributed by atoms with Crippen LogP contribution in [0.25, 0.3) is 33.5 Å². The number of morpholine rings is 1. The molecule has 0 aliphatic carbocycles. The van der Waals surface area contributed by atoms with E-state index in [-0.39, 0.29) is 0 Å². The molecule has 1 aliphatic rings. The third-order valence-corrected chi connectivity index (χ3v) is 7.74. The van der Waals surface area contributed by atoms with Gasteiger partial charge in [0.05, 0.1) is 42.0 Å². The molecule has 3 aromatic heterocycles. The lowest BCUT2D eigenvalue weighted by Crippen LogP contribution is -2.36. The van der Waals surface area contributed by atoms with E-state index in [4.69, 9.17) is 14.6 Å². The van der Waals surface area contributed by atoms with Crippen LogP contribution in [0.1, 0.15) is 0 Å². The van der Waals surface area contributed by atoms with Crippen molar-refractivity contribution in [3.8, 4) is 22.6 Å². The van der Waals surface area contributed by atoms with Gasteiger partial charge in [0.25, 0.3) is 0 Å². The Morgan fingerprint density at radius 3 is 2.63 bits per heavy atom. The summed E-state index contributed by atoms with van der Waals surface area (Å²) < 4.78 is 13.5. The number of anilines is 1. The van der Waals surface area contributed by atoms with Crippen LogP contribution in [0.3, 0.4) is 0 Å². The molecule has 0 spiro atoms. The van der Waals surface area contributed by atoms with Crippen molar-refractivity contribution < 1.29 is 9.47 Å². The smallest absolute Gasteiger partial charge is 0.140 e. The highest BCUT2D eigenvalue weighted by Crippen LogP contribution is 2.32. The molecule has 9 nitrogen and oxygen atoms in total. The van der Waals surface area contributed by atoms with Crippen molar-refractivity contribution in [2.24, 2.45) is 0 Å². The second kappa shape index (κ2) is 10.2. The maximum absolute atomic E-state index is 6.09. The molecule has 1 aliphatic heterocycles. The van der Waals surface area contributed by atoms with Gasteiger partial charge in [-0.25, -0.2) is 14.6 Å². The molecule has 10 heteroatoms. The SMILES string of the molecule is C[Si](C)(C)CCOCn1nc2ccc(-c3cnccn3)cc2c1-c1cc(N2CCOCC2)ncn1. The summed E-state index contributed by atoms with van der Waals surface area (Å²) in [6, 6.07) is 9.30. The van der Waals surface area contributed by atoms with Crippen molar-refractivity contribution in [1.29, 1.82) is 0 Å². The third kappa shape index (κ3) is 5.55. The summed E-state index contributed by atoms with van der Waals surface area (Å²) in [7, 11) is -1.18. The van der Waals surface area contributed by atoms with E-state index in [2.05, 4.69) is 50.5 Å². The molecule has 4 heterocycles. The normalized spacial score (nSPS) is 14.5. The molecule has 1 aromatic carbocycles. The zero-order valence-corrected chi connectivity index (χ0v) is 21.5. The van der Waals surface area contributed by atoms with Crippen molar-refractivity contribution in [2.45, 2.75) is 32.4 Å². The first-order valence-electron chi connectivity index (χ1n) is 12.0. The lowest BCUT2D eigenvalue weighted by Gasteiger charge is -2.27. The molecule has 1 saturated heterocycles. The molecule has 0 unspecified atom stereocenters. The number of hydrogen-bond acceptors (Lipinski definition) is 8. The fourth-order valence-corrected chi connectivity index (χ4v) is 4.83. The molecule has 0 radical (unpaired) electrons. The summed E-state index contributed by atoms with van der Waals surface area (Å²) in [6.07, 6.45) is 6.78. The Bertz CT molecular complexity index is 1280. The number of hydrogen-bond donors (Lipinski definition) is 0. The van der Waals surface area contributed by atoms with E-state index < -0.39 is 8.07 Å². The molecule has 4 aromatic rings. The fourth-order valence-electron chi connectivity index (χ4n) is 4.07. The molecule has 0 bridgehead atoms.